The number of alkyl halides is 3. The number of anilines is 1. The second-order valence-electron chi connectivity index (χ2n) is 5.22. The molecule has 0 N–H and O–H groups in total. The van der Waals surface area contributed by atoms with Crippen molar-refractivity contribution in [3.05, 3.63) is 65.9 Å². The van der Waals surface area contributed by atoms with Gasteiger partial charge >= 0.3 is 6.18 Å². The van der Waals surface area contributed by atoms with Gasteiger partial charge in [-0.3, -0.25) is 9.69 Å². The second kappa shape index (κ2) is 6.54. The number of carbonyl (C=O) groups is 1. The Hall–Kier alpha value is -3.30. The molecule has 0 atom stereocenters. The third-order valence-corrected chi connectivity index (χ3v) is 3.51. The zero-order chi connectivity index (χ0) is 18.9. The van der Waals surface area contributed by atoms with Crippen LogP contribution in [0.25, 0.3) is 5.69 Å². The van der Waals surface area contributed by atoms with Crippen molar-refractivity contribution in [3.63, 3.8) is 0 Å². The summed E-state index contributed by atoms with van der Waals surface area (Å²) in [6.07, 6.45) is -3.51. The average Bonchev–Trinajstić information content (AvgIpc) is 3.07. The number of benzene rings is 1. The van der Waals surface area contributed by atoms with E-state index in [0.717, 1.165) is 29.2 Å². The molecule has 2 aromatic heterocycles. The first-order valence-electron chi connectivity index (χ1n) is 7.27. The lowest BCUT2D eigenvalue weighted by molar-refractivity contribution is -0.143. The highest BCUT2D eigenvalue weighted by Crippen LogP contribution is 2.33. The highest BCUT2D eigenvalue weighted by Gasteiger charge is 2.42. The third-order valence-electron chi connectivity index (χ3n) is 3.51. The van der Waals surface area contributed by atoms with Crippen molar-refractivity contribution < 1.29 is 22.4 Å². The quantitative estimate of drug-likeness (QED) is 0.669. The Labute approximate surface area is 144 Å². The molecule has 6 nitrogen and oxygen atoms in total. The summed E-state index contributed by atoms with van der Waals surface area (Å²) >= 11 is 0. The SMILES string of the molecule is CN(C(=O)c1nnn(-c2ccc(F)cc2)c1C(F)(F)F)c1ccccn1. The lowest BCUT2D eigenvalue weighted by Crippen LogP contribution is -2.30. The van der Waals surface area contributed by atoms with Gasteiger partial charge in [0.1, 0.15) is 11.6 Å². The fourth-order valence-corrected chi connectivity index (χ4v) is 2.26. The maximum absolute atomic E-state index is 13.6. The molecule has 0 saturated carbocycles. The molecular formula is C16H11F4N5O. The Morgan fingerprint density at radius 2 is 1.81 bits per heavy atom. The molecule has 0 aliphatic carbocycles. The van der Waals surface area contributed by atoms with E-state index in [0.29, 0.717) is 4.68 Å². The summed E-state index contributed by atoms with van der Waals surface area (Å²) in [4.78, 5) is 17.4. The van der Waals surface area contributed by atoms with E-state index in [1.165, 1.54) is 19.3 Å². The molecule has 0 aliphatic heterocycles. The molecule has 1 amide bonds. The summed E-state index contributed by atoms with van der Waals surface area (Å²) in [5.41, 5.74) is -2.31. The predicted octanol–water partition coefficient (Wildman–Crippen LogP) is 3.10. The summed E-state index contributed by atoms with van der Waals surface area (Å²) in [6, 6.07) is 8.85. The number of hydrogen-bond donors (Lipinski definition) is 0. The van der Waals surface area contributed by atoms with Gasteiger partial charge in [0, 0.05) is 13.2 Å². The molecule has 0 bridgehead atoms. The highest BCUT2D eigenvalue weighted by molar-refractivity contribution is 6.04. The minimum Gasteiger partial charge on any atom is -0.294 e. The van der Waals surface area contributed by atoms with Gasteiger partial charge in [-0.25, -0.2) is 14.1 Å². The molecule has 0 unspecified atom stereocenters. The van der Waals surface area contributed by atoms with E-state index in [9.17, 15) is 22.4 Å². The zero-order valence-electron chi connectivity index (χ0n) is 13.3. The summed E-state index contributed by atoms with van der Waals surface area (Å²) in [7, 11) is 1.28. The summed E-state index contributed by atoms with van der Waals surface area (Å²) in [5, 5.41) is 6.84. The Morgan fingerprint density at radius 3 is 2.38 bits per heavy atom. The van der Waals surface area contributed by atoms with Crippen LogP contribution in [-0.2, 0) is 6.18 Å². The van der Waals surface area contributed by atoms with E-state index in [-0.39, 0.29) is 11.5 Å². The van der Waals surface area contributed by atoms with E-state index in [1.807, 2.05) is 0 Å². The van der Waals surface area contributed by atoms with Crippen molar-refractivity contribution in [2.75, 3.05) is 11.9 Å². The summed E-state index contributed by atoms with van der Waals surface area (Å²) in [6.45, 7) is 0. The molecule has 3 rings (SSSR count). The van der Waals surface area contributed by atoms with Crippen LogP contribution in [0.3, 0.4) is 0 Å². The van der Waals surface area contributed by atoms with Crippen LogP contribution in [0, 0.1) is 5.82 Å². The highest BCUT2D eigenvalue weighted by atomic mass is 19.4. The molecule has 0 aliphatic rings. The van der Waals surface area contributed by atoms with Crippen molar-refractivity contribution in [3.8, 4) is 5.69 Å². The first-order chi connectivity index (χ1) is 12.3. The van der Waals surface area contributed by atoms with Gasteiger partial charge in [-0.15, -0.1) is 5.10 Å². The number of nitrogens with zero attached hydrogens (tertiary/aromatic N) is 5. The number of amides is 1. The molecule has 10 heteroatoms. The van der Waals surface area contributed by atoms with E-state index in [4.69, 9.17) is 0 Å². The smallest absolute Gasteiger partial charge is 0.294 e. The molecule has 1 aromatic carbocycles. The van der Waals surface area contributed by atoms with E-state index in [2.05, 4.69) is 15.3 Å². The van der Waals surface area contributed by atoms with Crippen molar-refractivity contribution in [2.45, 2.75) is 6.18 Å². The van der Waals surface area contributed by atoms with Crippen LogP contribution >= 0.6 is 0 Å². The predicted molar refractivity (Wildman–Crippen MR) is 83.3 cm³/mol. The Balaban J connectivity index is 2.08. The lowest BCUT2D eigenvalue weighted by atomic mass is 10.2. The molecule has 0 radical (unpaired) electrons. The van der Waals surface area contributed by atoms with Crippen molar-refractivity contribution in [1.82, 2.24) is 20.0 Å². The Bertz CT molecular complexity index is 922. The van der Waals surface area contributed by atoms with Crippen molar-refractivity contribution >= 4 is 11.7 Å². The standard InChI is InChI=1S/C16H11F4N5O/c1-24(12-4-2-3-9-21-12)15(26)13-14(16(18,19)20)25(23-22-13)11-7-5-10(17)6-8-11/h2-9H,1H3. The number of hydrogen-bond acceptors (Lipinski definition) is 4. The van der Waals surface area contributed by atoms with Crippen LogP contribution in [0.4, 0.5) is 23.4 Å². The third kappa shape index (κ3) is 3.25. The molecule has 2 heterocycles. The number of halogens is 4. The maximum Gasteiger partial charge on any atom is 0.435 e. The largest absolute Gasteiger partial charge is 0.435 e. The molecule has 0 saturated heterocycles. The Kier molecular flexibility index (Phi) is 4.41. The van der Waals surface area contributed by atoms with Gasteiger partial charge in [-0.1, -0.05) is 11.3 Å². The van der Waals surface area contributed by atoms with Crippen LogP contribution in [0.5, 0.6) is 0 Å². The number of aromatic nitrogens is 4. The van der Waals surface area contributed by atoms with Gasteiger partial charge in [0.2, 0.25) is 0 Å². The van der Waals surface area contributed by atoms with Crippen molar-refractivity contribution in [1.29, 1.82) is 0 Å². The van der Waals surface area contributed by atoms with Gasteiger partial charge in [0.05, 0.1) is 5.69 Å². The van der Waals surface area contributed by atoms with Gasteiger partial charge in [-0.2, -0.15) is 13.2 Å². The topological polar surface area (TPSA) is 63.9 Å². The fraction of sp³-hybridized carbons (Fsp3) is 0.125. The second-order valence-corrected chi connectivity index (χ2v) is 5.22. The Morgan fingerprint density at radius 1 is 1.12 bits per heavy atom. The van der Waals surface area contributed by atoms with E-state index >= 15 is 0 Å². The molecular weight excluding hydrogens is 354 g/mol. The normalized spacial score (nSPS) is 11.4. The monoisotopic (exact) mass is 365 g/mol. The minimum atomic E-state index is -4.91. The fourth-order valence-electron chi connectivity index (χ4n) is 2.26. The van der Waals surface area contributed by atoms with E-state index in [1.54, 1.807) is 12.1 Å². The van der Waals surface area contributed by atoms with Crippen molar-refractivity contribution in [2.24, 2.45) is 0 Å². The number of pyridine rings is 1. The molecule has 0 spiro atoms. The van der Waals surface area contributed by atoms with Crippen LogP contribution < -0.4 is 4.90 Å². The van der Waals surface area contributed by atoms with Crippen LogP contribution in [-0.4, -0.2) is 32.9 Å². The molecule has 26 heavy (non-hydrogen) atoms. The van der Waals surface area contributed by atoms with Crippen LogP contribution in [0.1, 0.15) is 16.2 Å². The first-order valence-corrected chi connectivity index (χ1v) is 7.27. The molecule has 134 valence electrons. The lowest BCUT2D eigenvalue weighted by Gasteiger charge is -2.16. The van der Waals surface area contributed by atoms with Crippen LogP contribution in [0.2, 0.25) is 0 Å². The minimum absolute atomic E-state index is 0.0780. The van der Waals surface area contributed by atoms with Gasteiger partial charge < -0.3 is 0 Å². The average molecular weight is 365 g/mol. The first kappa shape index (κ1) is 17.5. The summed E-state index contributed by atoms with van der Waals surface area (Å²) < 4.78 is 54.2. The molecule has 3 aromatic rings. The molecule has 0 fully saturated rings. The number of carbonyl (C=O) groups excluding carboxylic acids is 1. The van der Waals surface area contributed by atoms with E-state index < -0.39 is 29.3 Å². The zero-order valence-corrected chi connectivity index (χ0v) is 13.3. The summed E-state index contributed by atoms with van der Waals surface area (Å²) in [5.74, 6) is -1.49. The van der Waals surface area contributed by atoms with Gasteiger partial charge in [0.15, 0.2) is 11.4 Å². The number of rotatable bonds is 3. The van der Waals surface area contributed by atoms with Gasteiger partial charge in [-0.05, 0) is 36.4 Å². The van der Waals surface area contributed by atoms with Gasteiger partial charge in [0.25, 0.3) is 5.91 Å². The van der Waals surface area contributed by atoms with Crippen LogP contribution in [0.15, 0.2) is 48.7 Å². The maximum atomic E-state index is 13.6.